The number of para-hydroxylation sites is 1. The maximum absolute atomic E-state index is 11.9. The highest BCUT2D eigenvalue weighted by Gasteiger charge is 2.16. The van der Waals surface area contributed by atoms with E-state index in [-0.39, 0.29) is 25.0 Å². The molecule has 0 aliphatic carbocycles. The minimum atomic E-state index is -0.204. The van der Waals surface area contributed by atoms with Crippen molar-refractivity contribution in [3.8, 4) is 11.5 Å². The van der Waals surface area contributed by atoms with Gasteiger partial charge in [-0.2, -0.15) is 0 Å². The lowest BCUT2D eigenvalue weighted by molar-refractivity contribution is -0.123. The second kappa shape index (κ2) is 7.04. The predicted molar refractivity (Wildman–Crippen MR) is 89.1 cm³/mol. The second-order valence-corrected chi connectivity index (χ2v) is 5.50. The minimum absolute atomic E-state index is 0.00702. The lowest BCUT2D eigenvalue weighted by atomic mass is 10.1. The van der Waals surface area contributed by atoms with E-state index in [1.807, 2.05) is 37.3 Å². The number of fused-ring (bicyclic) bond motifs is 1. The number of rotatable bonds is 5. The summed E-state index contributed by atoms with van der Waals surface area (Å²) in [7, 11) is 0. The molecule has 0 aromatic heterocycles. The van der Waals surface area contributed by atoms with Crippen molar-refractivity contribution in [3.05, 3.63) is 53.6 Å². The van der Waals surface area contributed by atoms with Gasteiger partial charge in [0.1, 0.15) is 11.5 Å². The van der Waals surface area contributed by atoms with Crippen molar-refractivity contribution in [2.24, 2.45) is 0 Å². The molecule has 1 aliphatic rings. The van der Waals surface area contributed by atoms with Crippen LogP contribution in [-0.4, -0.2) is 25.0 Å². The number of nitrogens with one attached hydrogen (secondary N) is 2. The molecule has 0 unspecified atom stereocenters. The molecule has 6 heteroatoms. The fourth-order valence-electron chi connectivity index (χ4n) is 2.34. The third-order valence-electron chi connectivity index (χ3n) is 3.62. The maximum Gasteiger partial charge on any atom is 0.262 e. The van der Waals surface area contributed by atoms with Gasteiger partial charge in [0.05, 0.1) is 5.69 Å². The molecule has 0 bridgehead atoms. The molecule has 6 nitrogen and oxygen atoms in total. The van der Waals surface area contributed by atoms with Gasteiger partial charge in [0, 0.05) is 6.54 Å². The highest BCUT2D eigenvalue weighted by Crippen LogP contribution is 2.28. The molecule has 3 rings (SSSR count). The third kappa shape index (κ3) is 3.84. The largest absolute Gasteiger partial charge is 0.484 e. The zero-order valence-corrected chi connectivity index (χ0v) is 13.3. The van der Waals surface area contributed by atoms with Gasteiger partial charge in [-0.1, -0.05) is 24.3 Å². The quantitative estimate of drug-likeness (QED) is 0.881. The number of anilines is 1. The summed E-state index contributed by atoms with van der Waals surface area (Å²) < 4.78 is 10.9. The Hall–Kier alpha value is -3.02. The molecule has 24 heavy (non-hydrogen) atoms. The summed E-state index contributed by atoms with van der Waals surface area (Å²) in [5, 5.41) is 5.52. The van der Waals surface area contributed by atoms with Crippen molar-refractivity contribution in [3.63, 3.8) is 0 Å². The first kappa shape index (κ1) is 15.9. The number of hydrogen-bond acceptors (Lipinski definition) is 4. The molecule has 0 saturated carbocycles. The maximum atomic E-state index is 11.9. The number of hydrogen-bond donors (Lipinski definition) is 2. The Balaban J connectivity index is 1.51. The van der Waals surface area contributed by atoms with Gasteiger partial charge < -0.3 is 20.1 Å². The molecule has 124 valence electrons. The lowest BCUT2D eigenvalue weighted by Crippen LogP contribution is -2.29. The SMILES string of the molecule is Cc1ccccc1OCC(=O)NCc1ccc2c(c1)OCC(=O)N2. The summed E-state index contributed by atoms with van der Waals surface area (Å²) in [5.74, 6) is 0.935. The molecule has 2 N–H and O–H groups in total. The monoisotopic (exact) mass is 326 g/mol. The number of amides is 2. The number of carbonyl (C=O) groups excluding carboxylic acids is 2. The fraction of sp³-hybridized carbons (Fsp3) is 0.222. The summed E-state index contributed by atoms with van der Waals surface area (Å²) in [5.41, 5.74) is 2.51. The molecule has 0 fully saturated rings. The van der Waals surface area contributed by atoms with Crippen LogP contribution in [-0.2, 0) is 16.1 Å². The summed E-state index contributed by atoms with van der Waals surface area (Å²) in [6.07, 6.45) is 0. The van der Waals surface area contributed by atoms with Crippen molar-refractivity contribution >= 4 is 17.5 Å². The molecule has 0 atom stereocenters. The molecule has 1 heterocycles. The Kier molecular flexibility index (Phi) is 4.65. The van der Waals surface area contributed by atoms with Gasteiger partial charge in [0.15, 0.2) is 13.2 Å². The molecule has 0 saturated heterocycles. The van der Waals surface area contributed by atoms with Crippen LogP contribution in [0.4, 0.5) is 5.69 Å². The van der Waals surface area contributed by atoms with Crippen LogP contribution in [0.2, 0.25) is 0 Å². The van der Waals surface area contributed by atoms with Crippen molar-refractivity contribution in [1.29, 1.82) is 0 Å². The van der Waals surface area contributed by atoms with Crippen LogP contribution in [0.5, 0.6) is 11.5 Å². The molecule has 1 aliphatic heterocycles. The molecule has 0 radical (unpaired) electrons. The Morgan fingerprint density at radius 1 is 1.29 bits per heavy atom. The minimum Gasteiger partial charge on any atom is -0.484 e. The first-order chi connectivity index (χ1) is 11.6. The Morgan fingerprint density at radius 2 is 2.12 bits per heavy atom. The third-order valence-corrected chi connectivity index (χ3v) is 3.62. The van der Waals surface area contributed by atoms with E-state index in [4.69, 9.17) is 9.47 Å². The van der Waals surface area contributed by atoms with Crippen LogP contribution in [0.3, 0.4) is 0 Å². The van der Waals surface area contributed by atoms with Crippen molar-refractivity contribution in [2.45, 2.75) is 13.5 Å². The summed E-state index contributed by atoms with van der Waals surface area (Å²) in [6, 6.07) is 12.9. The Morgan fingerprint density at radius 3 is 2.96 bits per heavy atom. The van der Waals surface area contributed by atoms with E-state index in [9.17, 15) is 9.59 Å². The number of carbonyl (C=O) groups is 2. The number of ether oxygens (including phenoxy) is 2. The second-order valence-electron chi connectivity index (χ2n) is 5.50. The summed E-state index contributed by atoms with van der Waals surface area (Å²) in [4.78, 5) is 23.1. The zero-order chi connectivity index (χ0) is 16.9. The van der Waals surface area contributed by atoms with E-state index in [0.29, 0.717) is 23.7 Å². The normalized spacial score (nSPS) is 12.6. The van der Waals surface area contributed by atoms with Crippen molar-refractivity contribution in [1.82, 2.24) is 5.32 Å². The van der Waals surface area contributed by atoms with Crippen LogP contribution < -0.4 is 20.1 Å². The molecular weight excluding hydrogens is 308 g/mol. The van der Waals surface area contributed by atoms with Crippen LogP contribution in [0.15, 0.2) is 42.5 Å². The first-order valence-electron chi connectivity index (χ1n) is 7.62. The Bertz CT molecular complexity index is 773. The van der Waals surface area contributed by atoms with Crippen LogP contribution in [0.1, 0.15) is 11.1 Å². The van der Waals surface area contributed by atoms with Gasteiger partial charge in [-0.15, -0.1) is 0 Å². The average Bonchev–Trinajstić information content (AvgIpc) is 2.59. The number of aryl methyl sites for hydroxylation is 1. The predicted octanol–water partition coefficient (Wildman–Crippen LogP) is 2.02. The van der Waals surface area contributed by atoms with Gasteiger partial charge >= 0.3 is 0 Å². The van der Waals surface area contributed by atoms with Crippen LogP contribution in [0, 0.1) is 6.92 Å². The van der Waals surface area contributed by atoms with E-state index in [0.717, 1.165) is 11.1 Å². The van der Waals surface area contributed by atoms with Gasteiger partial charge in [0.2, 0.25) is 0 Å². The number of benzene rings is 2. The zero-order valence-electron chi connectivity index (χ0n) is 13.3. The molecule has 2 amide bonds. The molecular formula is C18H18N2O4. The van der Waals surface area contributed by atoms with Crippen LogP contribution in [0.25, 0.3) is 0 Å². The topological polar surface area (TPSA) is 76.7 Å². The highest BCUT2D eigenvalue weighted by atomic mass is 16.5. The molecule has 2 aromatic carbocycles. The summed E-state index contributed by atoms with van der Waals surface area (Å²) in [6.45, 7) is 2.26. The molecule has 0 spiro atoms. The van der Waals surface area contributed by atoms with Gasteiger partial charge in [-0.3, -0.25) is 9.59 Å². The standard InChI is InChI=1S/C18H18N2O4/c1-12-4-2-3-5-15(12)23-10-17(21)19-9-13-6-7-14-16(8-13)24-11-18(22)20-14/h2-8H,9-11H2,1H3,(H,19,21)(H,20,22). The average molecular weight is 326 g/mol. The van der Waals surface area contributed by atoms with Crippen molar-refractivity contribution in [2.75, 3.05) is 18.5 Å². The van der Waals surface area contributed by atoms with E-state index in [2.05, 4.69) is 10.6 Å². The fourth-order valence-corrected chi connectivity index (χ4v) is 2.34. The van der Waals surface area contributed by atoms with E-state index in [1.165, 1.54) is 0 Å². The van der Waals surface area contributed by atoms with Gasteiger partial charge in [-0.25, -0.2) is 0 Å². The lowest BCUT2D eigenvalue weighted by Gasteiger charge is -2.18. The highest BCUT2D eigenvalue weighted by molar-refractivity contribution is 5.95. The van der Waals surface area contributed by atoms with Gasteiger partial charge in [-0.05, 0) is 36.2 Å². The summed E-state index contributed by atoms with van der Waals surface area (Å²) >= 11 is 0. The van der Waals surface area contributed by atoms with E-state index >= 15 is 0 Å². The first-order valence-corrected chi connectivity index (χ1v) is 7.62. The van der Waals surface area contributed by atoms with Crippen molar-refractivity contribution < 1.29 is 19.1 Å². The van der Waals surface area contributed by atoms with E-state index < -0.39 is 0 Å². The van der Waals surface area contributed by atoms with Gasteiger partial charge in [0.25, 0.3) is 11.8 Å². The van der Waals surface area contributed by atoms with Crippen LogP contribution >= 0.6 is 0 Å². The Labute approximate surface area is 139 Å². The smallest absolute Gasteiger partial charge is 0.262 e. The van der Waals surface area contributed by atoms with E-state index in [1.54, 1.807) is 12.1 Å². The molecule has 2 aromatic rings.